The summed E-state index contributed by atoms with van der Waals surface area (Å²) in [7, 11) is 0. The first-order chi connectivity index (χ1) is 10.3. The summed E-state index contributed by atoms with van der Waals surface area (Å²) < 4.78 is 5.31. The Morgan fingerprint density at radius 2 is 1.73 bits per heavy atom. The van der Waals surface area contributed by atoms with Crippen LogP contribution >= 0.6 is 0 Å². The molecule has 22 heavy (non-hydrogen) atoms. The number of hydrogen-bond donors (Lipinski definition) is 3. The molecule has 1 rings (SSSR count). The van der Waals surface area contributed by atoms with Gasteiger partial charge in [-0.25, -0.2) is 4.79 Å². The standard InChI is InChI=1S/C15H19NO6/c1-9-5-10(2)7-11(6-9)22-8-13(17)16-12(15(20)21)3-4-14(18)19/h5-7,12H,3-4,8H2,1-2H3,(H,16,17)(H,18,19)(H,20,21). The predicted molar refractivity (Wildman–Crippen MR) is 77.8 cm³/mol. The fraction of sp³-hybridized carbons (Fsp3) is 0.400. The number of aryl methyl sites for hydroxylation is 2. The summed E-state index contributed by atoms with van der Waals surface area (Å²) in [6.45, 7) is 3.46. The average molecular weight is 309 g/mol. The molecule has 0 bridgehead atoms. The maximum Gasteiger partial charge on any atom is 0.326 e. The first-order valence-corrected chi connectivity index (χ1v) is 6.73. The fourth-order valence-corrected chi connectivity index (χ4v) is 1.93. The van der Waals surface area contributed by atoms with Crippen LogP contribution in [0.25, 0.3) is 0 Å². The highest BCUT2D eigenvalue weighted by Gasteiger charge is 2.21. The largest absolute Gasteiger partial charge is 0.484 e. The van der Waals surface area contributed by atoms with Crippen molar-refractivity contribution in [2.75, 3.05) is 6.61 Å². The molecule has 0 spiro atoms. The van der Waals surface area contributed by atoms with Crippen LogP contribution in [0.3, 0.4) is 0 Å². The molecule has 1 aromatic carbocycles. The Morgan fingerprint density at radius 1 is 1.14 bits per heavy atom. The number of carboxylic acid groups (broad SMARTS) is 2. The molecule has 0 saturated heterocycles. The first kappa shape index (κ1) is 17.5. The highest BCUT2D eigenvalue weighted by molar-refractivity contribution is 5.84. The van der Waals surface area contributed by atoms with Gasteiger partial charge < -0.3 is 20.3 Å². The quantitative estimate of drug-likeness (QED) is 0.663. The maximum absolute atomic E-state index is 11.7. The molecular weight excluding hydrogens is 290 g/mol. The fourth-order valence-electron chi connectivity index (χ4n) is 1.93. The summed E-state index contributed by atoms with van der Waals surface area (Å²) in [6.07, 6.45) is -0.519. The van der Waals surface area contributed by atoms with Crippen molar-refractivity contribution >= 4 is 17.8 Å². The molecule has 0 aliphatic carbocycles. The van der Waals surface area contributed by atoms with E-state index < -0.39 is 23.9 Å². The molecule has 0 radical (unpaired) electrons. The highest BCUT2D eigenvalue weighted by Crippen LogP contribution is 2.15. The Bertz CT molecular complexity index is 549. The summed E-state index contributed by atoms with van der Waals surface area (Å²) in [6, 6.07) is 4.24. The molecule has 1 atom stereocenters. The van der Waals surface area contributed by atoms with Gasteiger partial charge in [-0.3, -0.25) is 9.59 Å². The Kier molecular flexibility index (Phi) is 6.37. The Balaban J connectivity index is 2.52. The van der Waals surface area contributed by atoms with Gasteiger partial charge in [-0.05, 0) is 43.5 Å². The van der Waals surface area contributed by atoms with E-state index in [1.807, 2.05) is 19.9 Å². The first-order valence-electron chi connectivity index (χ1n) is 6.73. The van der Waals surface area contributed by atoms with Gasteiger partial charge in [0.1, 0.15) is 11.8 Å². The van der Waals surface area contributed by atoms with Crippen LogP contribution in [0.15, 0.2) is 18.2 Å². The van der Waals surface area contributed by atoms with Gasteiger partial charge in [-0.1, -0.05) is 6.07 Å². The van der Waals surface area contributed by atoms with Crippen molar-refractivity contribution in [2.24, 2.45) is 0 Å². The zero-order valence-corrected chi connectivity index (χ0v) is 12.5. The number of carbonyl (C=O) groups excluding carboxylic acids is 1. The van der Waals surface area contributed by atoms with Crippen molar-refractivity contribution in [2.45, 2.75) is 32.7 Å². The van der Waals surface area contributed by atoms with Gasteiger partial charge in [0, 0.05) is 6.42 Å². The molecule has 0 saturated carbocycles. The molecule has 7 nitrogen and oxygen atoms in total. The van der Waals surface area contributed by atoms with Crippen LogP contribution in [0.2, 0.25) is 0 Å². The summed E-state index contributed by atoms with van der Waals surface area (Å²) in [5.74, 6) is -2.49. The second-order valence-electron chi connectivity index (χ2n) is 5.00. The van der Waals surface area contributed by atoms with Crippen LogP contribution in [-0.2, 0) is 14.4 Å². The van der Waals surface area contributed by atoms with Crippen LogP contribution in [0, 0.1) is 13.8 Å². The molecule has 0 aromatic heterocycles. The lowest BCUT2D eigenvalue weighted by Crippen LogP contribution is -2.43. The zero-order valence-electron chi connectivity index (χ0n) is 12.5. The number of rotatable bonds is 8. The van der Waals surface area contributed by atoms with Crippen LogP contribution in [0.5, 0.6) is 5.75 Å². The summed E-state index contributed by atoms with van der Waals surface area (Å²) in [5.41, 5.74) is 1.97. The van der Waals surface area contributed by atoms with Gasteiger partial charge in [0.25, 0.3) is 5.91 Å². The third kappa shape index (κ3) is 6.25. The number of hydrogen-bond acceptors (Lipinski definition) is 4. The smallest absolute Gasteiger partial charge is 0.326 e. The Labute approximate surface area is 127 Å². The van der Waals surface area contributed by atoms with Crippen molar-refractivity contribution in [3.8, 4) is 5.75 Å². The number of nitrogens with one attached hydrogen (secondary N) is 1. The zero-order chi connectivity index (χ0) is 16.7. The van der Waals surface area contributed by atoms with E-state index in [-0.39, 0.29) is 19.4 Å². The average Bonchev–Trinajstić information content (AvgIpc) is 2.39. The third-order valence-electron chi connectivity index (χ3n) is 2.85. The van der Waals surface area contributed by atoms with E-state index in [4.69, 9.17) is 14.9 Å². The lowest BCUT2D eigenvalue weighted by molar-refractivity contribution is -0.143. The van der Waals surface area contributed by atoms with Crippen LogP contribution in [0.4, 0.5) is 0 Å². The van der Waals surface area contributed by atoms with Crippen molar-refractivity contribution in [3.63, 3.8) is 0 Å². The van der Waals surface area contributed by atoms with Gasteiger partial charge >= 0.3 is 11.9 Å². The molecule has 1 unspecified atom stereocenters. The summed E-state index contributed by atoms with van der Waals surface area (Å²) in [5, 5.41) is 19.7. The Morgan fingerprint density at radius 3 is 2.23 bits per heavy atom. The van der Waals surface area contributed by atoms with E-state index >= 15 is 0 Å². The summed E-state index contributed by atoms with van der Waals surface area (Å²) >= 11 is 0. The van der Waals surface area contributed by atoms with Gasteiger partial charge in [0.15, 0.2) is 6.61 Å². The van der Waals surface area contributed by atoms with E-state index in [2.05, 4.69) is 5.32 Å². The molecular formula is C15H19NO6. The van der Waals surface area contributed by atoms with Gasteiger partial charge in [0.2, 0.25) is 0 Å². The molecule has 3 N–H and O–H groups in total. The van der Waals surface area contributed by atoms with E-state index in [0.717, 1.165) is 11.1 Å². The number of carboxylic acids is 2. The normalized spacial score (nSPS) is 11.5. The number of carbonyl (C=O) groups is 3. The predicted octanol–water partition coefficient (Wildman–Crippen LogP) is 1.12. The SMILES string of the molecule is Cc1cc(C)cc(OCC(=O)NC(CCC(=O)O)C(=O)O)c1. The van der Waals surface area contributed by atoms with E-state index in [9.17, 15) is 14.4 Å². The van der Waals surface area contributed by atoms with Gasteiger partial charge in [0.05, 0.1) is 0 Å². The number of ether oxygens (including phenoxy) is 1. The monoisotopic (exact) mass is 309 g/mol. The molecule has 0 fully saturated rings. The minimum Gasteiger partial charge on any atom is -0.484 e. The molecule has 120 valence electrons. The number of amides is 1. The lowest BCUT2D eigenvalue weighted by atomic mass is 10.1. The van der Waals surface area contributed by atoms with E-state index in [1.165, 1.54) is 0 Å². The third-order valence-corrected chi connectivity index (χ3v) is 2.85. The van der Waals surface area contributed by atoms with Crippen molar-refractivity contribution < 1.29 is 29.3 Å². The van der Waals surface area contributed by atoms with Crippen LogP contribution in [-0.4, -0.2) is 40.7 Å². The summed E-state index contributed by atoms with van der Waals surface area (Å²) in [4.78, 5) is 33.1. The minimum atomic E-state index is -1.28. The van der Waals surface area contributed by atoms with Crippen molar-refractivity contribution in [1.82, 2.24) is 5.32 Å². The topological polar surface area (TPSA) is 113 Å². The molecule has 7 heteroatoms. The molecule has 0 aliphatic rings. The van der Waals surface area contributed by atoms with Gasteiger partial charge in [-0.15, -0.1) is 0 Å². The highest BCUT2D eigenvalue weighted by atomic mass is 16.5. The van der Waals surface area contributed by atoms with Crippen molar-refractivity contribution in [1.29, 1.82) is 0 Å². The number of aliphatic carboxylic acids is 2. The van der Waals surface area contributed by atoms with E-state index in [1.54, 1.807) is 12.1 Å². The minimum absolute atomic E-state index is 0.181. The second kappa shape index (κ2) is 8.02. The van der Waals surface area contributed by atoms with Crippen LogP contribution < -0.4 is 10.1 Å². The molecule has 1 aromatic rings. The van der Waals surface area contributed by atoms with E-state index in [0.29, 0.717) is 5.75 Å². The van der Waals surface area contributed by atoms with Crippen LogP contribution in [0.1, 0.15) is 24.0 Å². The molecule has 0 heterocycles. The molecule has 1 amide bonds. The second-order valence-corrected chi connectivity index (χ2v) is 5.00. The lowest BCUT2D eigenvalue weighted by Gasteiger charge is -2.14. The molecule has 0 aliphatic heterocycles. The van der Waals surface area contributed by atoms with Gasteiger partial charge in [-0.2, -0.15) is 0 Å². The Hall–Kier alpha value is -2.57. The number of benzene rings is 1. The maximum atomic E-state index is 11.7. The van der Waals surface area contributed by atoms with Crippen molar-refractivity contribution in [3.05, 3.63) is 29.3 Å².